The van der Waals surface area contributed by atoms with Gasteiger partial charge in [0.15, 0.2) is 0 Å². The summed E-state index contributed by atoms with van der Waals surface area (Å²) in [4.78, 5) is 14.3. The molecule has 0 saturated heterocycles. The number of carbonyl (C=O) groups is 1. The van der Waals surface area contributed by atoms with Crippen LogP contribution in [0.2, 0.25) is 0 Å². The highest BCUT2D eigenvalue weighted by Gasteiger charge is 2.12. The molecule has 0 atom stereocenters. The molecule has 0 aliphatic rings. The van der Waals surface area contributed by atoms with Gasteiger partial charge in [0, 0.05) is 21.7 Å². The van der Waals surface area contributed by atoms with E-state index in [2.05, 4.69) is 10.6 Å². The fourth-order valence-corrected chi connectivity index (χ4v) is 3.96. The molecule has 0 fully saturated rings. The third-order valence-corrected chi connectivity index (χ3v) is 6.05. The molecule has 0 aliphatic heterocycles. The molecule has 31 heavy (non-hydrogen) atoms. The molecule has 7 nitrogen and oxygen atoms in total. The van der Waals surface area contributed by atoms with E-state index >= 15 is 0 Å². The summed E-state index contributed by atoms with van der Waals surface area (Å²) in [7, 11) is -3.82. The first-order valence-electron chi connectivity index (χ1n) is 9.00. The zero-order valence-electron chi connectivity index (χ0n) is 16.1. The fourth-order valence-electron chi connectivity index (χ4n) is 2.52. The molecule has 3 aromatic rings. The largest absolute Gasteiger partial charge is 0.359 e. The van der Waals surface area contributed by atoms with E-state index in [1.807, 2.05) is 60.7 Å². The molecule has 0 heterocycles. The second-order valence-electron chi connectivity index (χ2n) is 6.25. The van der Waals surface area contributed by atoms with Gasteiger partial charge in [-0.1, -0.05) is 42.1 Å². The fraction of sp³-hybridized carbons (Fsp3) is 0. The Morgan fingerprint density at radius 1 is 0.968 bits per heavy atom. The van der Waals surface area contributed by atoms with Gasteiger partial charge in [-0.05, 0) is 48.5 Å². The van der Waals surface area contributed by atoms with Crippen molar-refractivity contribution in [3.8, 4) is 6.07 Å². The number of primary sulfonamides is 1. The van der Waals surface area contributed by atoms with E-state index in [0.717, 1.165) is 15.5 Å². The Bertz CT molecular complexity index is 1250. The van der Waals surface area contributed by atoms with Crippen molar-refractivity contribution in [3.63, 3.8) is 0 Å². The molecule has 0 saturated carbocycles. The summed E-state index contributed by atoms with van der Waals surface area (Å²) in [6.45, 7) is 0. The second kappa shape index (κ2) is 9.95. The van der Waals surface area contributed by atoms with Crippen molar-refractivity contribution in [3.05, 3.63) is 90.6 Å². The Morgan fingerprint density at radius 2 is 1.61 bits per heavy atom. The monoisotopic (exact) mass is 450 g/mol. The molecule has 4 N–H and O–H groups in total. The summed E-state index contributed by atoms with van der Waals surface area (Å²) in [5.41, 5.74) is 0.933. The van der Waals surface area contributed by atoms with Crippen molar-refractivity contribution in [1.29, 1.82) is 5.26 Å². The summed E-state index contributed by atoms with van der Waals surface area (Å²) >= 11 is 1.55. The van der Waals surface area contributed by atoms with Gasteiger partial charge in [0.2, 0.25) is 10.0 Å². The van der Waals surface area contributed by atoms with Crippen molar-refractivity contribution in [2.75, 3.05) is 10.6 Å². The van der Waals surface area contributed by atoms with Crippen LogP contribution < -0.4 is 15.8 Å². The standard InChI is InChI=1S/C22H18N4O3S2/c23-14-16(22(27)26-17-10-12-19(13-11-17)31(24,28)29)15-25-20-8-4-5-9-21(20)30-18-6-2-1-3-7-18/h1-13,15,25H,(H,26,27)(H2,24,28,29)/b16-15-. The lowest BCUT2D eigenvalue weighted by atomic mass is 10.2. The van der Waals surface area contributed by atoms with Gasteiger partial charge >= 0.3 is 0 Å². The molecule has 0 unspecified atom stereocenters. The molecule has 0 aliphatic carbocycles. The minimum absolute atomic E-state index is 0.0734. The molecule has 0 aromatic heterocycles. The minimum atomic E-state index is -3.82. The van der Waals surface area contributed by atoms with Crippen LogP contribution in [-0.2, 0) is 14.8 Å². The van der Waals surface area contributed by atoms with Crippen LogP contribution in [-0.4, -0.2) is 14.3 Å². The van der Waals surface area contributed by atoms with E-state index in [9.17, 15) is 18.5 Å². The molecule has 0 radical (unpaired) electrons. The van der Waals surface area contributed by atoms with Crippen LogP contribution in [0, 0.1) is 11.3 Å². The SMILES string of the molecule is N#C/C(=C/Nc1ccccc1Sc1ccccc1)C(=O)Nc1ccc(S(N)(=O)=O)cc1. The van der Waals surface area contributed by atoms with E-state index in [-0.39, 0.29) is 10.5 Å². The predicted molar refractivity (Wildman–Crippen MR) is 121 cm³/mol. The third kappa shape index (κ3) is 6.20. The van der Waals surface area contributed by atoms with Crippen LogP contribution in [0.5, 0.6) is 0 Å². The zero-order valence-corrected chi connectivity index (χ0v) is 17.8. The average molecular weight is 451 g/mol. The van der Waals surface area contributed by atoms with Crippen LogP contribution in [0.1, 0.15) is 0 Å². The topological polar surface area (TPSA) is 125 Å². The number of hydrogen-bond acceptors (Lipinski definition) is 6. The quantitative estimate of drug-likeness (QED) is 0.370. The first-order valence-corrected chi connectivity index (χ1v) is 11.4. The highest BCUT2D eigenvalue weighted by atomic mass is 32.2. The number of nitrogens with zero attached hydrogens (tertiary/aromatic N) is 1. The average Bonchev–Trinajstić information content (AvgIpc) is 2.76. The van der Waals surface area contributed by atoms with Gasteiger partial charge in [0.25, 0.3) is 5.91 Å². The molecule has 3 aromatic carbocycles. The number of para-hydroxylation sites is 1. The Morgan fingerprint density at radius 3 is 2.26 bits per heavy atom. The third-order valence-electron chi connectivity index (χ3n) is 4.04. The maximum Gasteiger partial charge on any atom is 0.267 e. The second-order valence-corrected chi connectivity index (χ2v) is 8.93. The first-order chi connectivity index (χ1) is 14.9. The van der Waals surface area contributed by atoms with Crippen molar-refractivity contribution in [1.82, 2.24) is 0 Å². The van der Waals surface area contributed by atoms with Gasteiger partial charge in [0.1, 0.15) is 11.6 Å². The molecular weight excluding hydrogens is 432 g/mol. The lowest BCUT2D eigenvalue weighted by Gasteiger charge is -2.10. The number of nitriles is 1. The summed E-state index contributed by atoms with van der Waals surface area (Å²) in [5, 5.41) is 20.0. The number of hydrogen-bond donors (Lipinski definition) is 3. The number of carbonyl (C=O) groups excluding carboxylic acids is 1. The Balaban J connectivity index is 1.72. The number of amides is 1. The molecule has 0 spiro atoms. The summed E-state index contributed by atoms with van der Waals surface area (Å²) in [6.07, 6.45) is 1.33. The van der Waals surface area contributed by atoms with Crippen LogP contribution in [0.25, 0.3) is 0 Å². The molecule has 3 rings (SSSR count). The van der Waals surface area contributed by atoms with Gasteiger partial charge in [-0.15, -0.1) is 0 Å². The zero-order chi connectivity index (χ0) is 22.3. The Kier molecular flexibility index (Phi) is 7.10. The molecule has 156 valence electrons. The van der Waals surface area contributed by atoms with Gasteiger partial charge < -0.3 is 10.6 Å². The van der Waals surface area contributed by atoms with Crippen molar-refractivity contribution in [2.45, 2.75) is 14.7 Å². The van der Waals surface area contributed by atoms with E-state index in [0.29, 0.717) is 5.69 Å². The highest BCUT2D eigenvalue weighted by molar-refractivity contribution is 7.99. The van der Waals surface area contributed by atoms with E-state index in [1.165, 1.54) is 30.5 Å². The van der Waals surface area contributed by atoms with Crippen molar-refractivity contribution in [2.24, 2.45) is 5.14 Å². The van der Waals surface area contributed by atoms with E-state index in [4.69, 9.17) is 5.14 Å². The van der Waals surface area contributed by atoms with Crippen molar-refractivity contribution < 1.29 is 13.2 Å². The lowest BCUT2D eigenvalue weighted by Crippen LogP contribution is -2.15. The lowest BCUT2D eigenvalue weighted by molar-refractivity contribution is -0.112. The number of rotatable bonds is 7. The number of nitrogens with two attached hydrogens (primary N) is 1. The van der Waals surface area contributed by atoms with Gasteiger partial charge in [0.05, 0.1) is 10.6 Å². The molecule has 9 heteroatoms. The van der Waals surface area contributed by atoms with Crippen LogP contribution in [0.15, 0.2) is 105 Å². The number of nitrogens with one attached hydrogen (secondary N) is 2. The van der Waals surface area contributed by atoms with E-state index in [1.54, 1.807) is 11.8 Å². The van der Waals surface area contributed by atoms with Crippen molar-refractivity contribution >= 4 is 39.1 Å². The Hall–Kier alpha value is -3.58. The normalized spacial score (nSPS) is 11.4. The van der Waals surface area contributed by atoms with Gasteiger partial charge in [-0.2, -0.15) is 5.26 Å². The number of benzene rings is 3. The van der Waals surface area contributed by atoms with Crippen LogP contribution in [0.3, 0.4) is 0 Å². The van der Waals surface area contributed by atoms with E-state index < -0.39 is 15.9 Å². The van der Waals surface area contributed by atoms with Crippen LogP contribution >= 0.6 is 11.8 Å². The smallest absolute Gasteiger partial charge is 0.267 e. The maximum absolute atomic E-state index is 12.4. The number of sulfonamides is 1. The maximum atomic E-state index is 12.4. The van der Waals surface area contributed by atoms with Crippen LogP contribution in [0.4, 0.5) is 11.4 Å². The first kappa shape index (κ1) is 22.1. The molecule has 1 amide bonds. The van der Waals surface area contributed by atoms with Gasteiger partial charge in [-0.3, -0.25) is 4.79 Å². The molecule has 0 bridgehead atoms. The highest BCUT2D eigenvalue weighted by Crippen LogP contribution is 2.33. The summed E-state index contributed by atoms with van der Waals surface area (Å²) < 4.78 is 22.6. The molecular formula is C22H18N4O3S2. The predicted octanol–water partition coefficient (Wildman–Crippen LogP) is 3.94. The number of anilines is 2. The minimum Gasteiger partial charge on any atom is -0.359 e. The Labute approximate surface area is 184 Å². The summed E-state index contributed by atoms with van der Waals surface area (Å²) in [6, 6.07) is 24.6. The summed E-state index contributed by atoms with van der Waals surface area (Å²) in [5.74, 6) is -0.633. The van der Waals surface area contributed by atoms with Gasteiger partial charge in [-0.25, -0.2) is 13.6 Å².